The quantitative estimate of drug-likeness (QED) is 0.841. The van der Waals surface area contributed by atoms with Crippen LogP contribution in [0.1, 0.15) is 23.6 Å². The average molecular weight is 245 g/mol. The molecule has 0 fully saturated rings. The molecule has 0 bridgehead atoms. The van der Waals surface area contributed by atoms with E-state index in [1.807, 2.05) is 12.1 Å². The van der Waals surface area contributed by atoms with Gasteiger partial charge < -0.3 is 5.32 Å². The van der Waals surface area contributed by atoms with Gasteiger partial charge in [0.15, 0.2) is 0 Å². The molecule has 2 aromatic rings. The lowest BCUT2D eigenvalue weighted by Crippen LogP contribution is -2.07. The molecule has 1 aliphatic rings. The van der Waals surface area contributed by atoms with Crippen LogP contribution in [0.4, 0.5) is 14.5 Å². The highest BCUT2D eigenvalue weighted by molar-refractivity contribution is 5.48. The first-order valence-corrected chi connectivity index (χ1v) is 6.03. The highest BCUT2D eigenvalue weighted by atomic mass is 19.1. The maximum atomic E-state index is 13.1. The van der Waals surface area contributed by atoms with E-state index in [0.717, 1.165) is 18.9 Å². The van der Waals surface area contributed by atoms with Crippen LogP contribution >= 0.6 is 0 Å². The largest absolute Gasteiger partial charge is 0.378 e. The third-order valence-corrected chi connectivity index (χ3v) is 3.34. The SMILES string of the molecule is Fc1cc(F)cc(NC2CCc3ccccc32)c1. The molecule has 0 saturated heterocycles. The van der Waals surface area contributed by atoms with Gasteiger partial charge in [-0.15, -0.1) is 0 Å². The molecule has 3 rings (SSSR count). The van der Waals surface area contributed by atoms with Gasteiger partial charge in [-0.2, -0.15) is 0 Å². The number of anilines is 1. The van der Waals surface area contributed by atoms with Gasteiger partial charge in [0.1, 0.15) is 11.6 Å². The number of benzene rings is 2. The van der Waals surface area contributed by atoms with Crippen LogP contribution in [0.15, 0.2) is 42.5 Å². The van der Waals surface area contributed by atoms with E-state index in [-0.39, 0.29) is 6.04 Å². The lowest BCUT2D eigenvalue weighted by atomic mass is 10.1. The molecule has 1 nitrogen and oxygen atoms in total. The van der Waals surface area contributed by atoms with Gasteiger partial charge in [0.05, 0.1) is 6.04 Å². The highest BCUT2D eigenvalue weighted by Crippen LogP contribution is 2.33. The zero-order valence-corrected chi connectivity index (χ0v) is 9.79. The summed E-state index contributed by atoms with van der Waals surface area (Å²) in [6.45, 7) is 0. The Labute approximate surface area is 104 Å². The molecule has 1 atom stereocenters. The number of halogens is 2. The van der Waals surface area contributed by atoms with Crippen molar-refractivity contribution in [1.29, 1.82) is 0 Å². The normalized spacial score (nSPS) is 17.6. The van der Waals surface area contributed by atoms with Crippen LogP contribution in [-0.2, 0) is 6.42 Å². The summed E-state index contributed by atoms with van der Waals surface area (Å²) >= 11 is 0. The van der Waals surface area contributed by atoms with Crippen molar-refractivity contribution in [2.24, 2.45) is 0 Å². The molecule has 0 heterocycles. The van der Waals surface area contributed by atoms with Crippen molar-refractivity contribution in [3.63, 3.8) is 0 Å². The lowest BCUT2D eigenvalue weighted by molar-refractivity contribution is 0.583. The molecule has 92 valence electrons. The standard InChI is InChI=1S/C15H13F2N/c16-11-7-12(17)9-13(8-11)18-15-6-5-10-3-1-2-4-14(10)15/h1-4,7-9,15,18H,5-6H2. The van der Waals surface area contributed by atoms with Gasteiger partial charge in [0, 0.05) is 11.8 Å². The van der Waals surface area contributed by atoms with E-state index in [0.29, 0.717) is 5.69 Å². The fourth-order valence-electron chi connectivity index (χ4n) is 2.55. The Hall–Kier alpha value is -1.90. The second-order valence-electron chi connectivity index (χ2n) is 4.59. The second-order valence-corrected chi connectivity index (χ2v) is 4.59. The summed E-state index contributed by atoms with van der Waals surface area (Å²) < 4.78 is 26.2. The molecule has 0 amide bonds. The van der Waals surface area contributed by atoms with Crippen molar-refractivity contribution in [2.45, 2.75) is 18.9 Å². The Bertz CT molecular complexity index is 560. The Morgan fingerprint density at radius 3 is 2.50 bits per heavy atom. The molecule has 18 heavy (non-hydrogen) atoms. The van der Waals surface area contributed by atoms with Crippen molar-refractivity contribution in [3.8, 4) is 0 Å². The van der Waals surface area contributed by atoms with Crippen molar-refractivity contribution >= 4 is 5.69 Å². The van der Waals surface area contributed by atoms with E-state index in [1.54, 1.807) is 0 Å². The molecule has 0 saturated carbocycles. The summed E-state index contributed by atoms with van der Waals surface area (Å²) in [6.07, 6.45) is 1.96. The Balaban J connectivity index is 1.86. The first-order valence-electron chi connectivity index (χ1n) is 6.03. The zero-order chi connectivity index (χ0) is 12.5. The van der Waals surface area contributed by atoms with Gasteiger partial charge in [0.2, 0.25) is 0 Å². The number of rotatable bonds is 2. The molecule has 0 radical (unpaired) electrons. The predicted molar refractivity (Wildman–Crippen MR) is 67.5 cm³/mol. The molecule has 0 aliphatic heterocycles. The van der Waals surface area contributed by atoms with Crippen LogP contribution in [0.25, 0.3) is 0 Å². The second kappa shape index (κ2) is 4.41. The highest BCUT2D eigenvalue weighted by Gasteiger charge is 2.21. The predicted octanol–water partition coefficient (Wildman–Crippen LogP) is 4.06. The molecule has 0 aromatic heterocycles. The summed E-state index contributed by atoms with van der Waals surface area (Å²) in [4.78, 5) is 0. The molecular formula is C15H13F2N. The number of fused-ring (bicyclic) bond motifs is 1. The van der Waals surface area contributed by atoms with E-state index in [9.17, 15) is 8.78 Å². The Morgan fingerprint density at radius 2 is 1.72 bits per heavy atom. The minimum absolute atomic E-state index is 0.141. The summed E-state index contributed by atoms with van der Waals surface area (Å²) in [6, 6.07) is 11.8. The minimum Gasteiger partial charge on any atom is -0.378 e. The molecule has 1 unspecified atom stereocenters. The summed E-state index contributed by atoms with van der Waals surface area (Å²) in [5.41, 5.74) is 3.03. The minimum atomic E-state index is -0.552. The molecule has 1 aliphatic carbocycles. The van der Waals surface area contributed by atoms with Crippen LogP contribution in [0.3, 0.4) is 0 Å². The van der Waals surface area contributed by atoms with E-state index in [4.69, 9.17) is 0 Å². The third-order valence-electron chi connectivity index (χ3n) is 3.34. The van der Waals surface area contributed by atoms with Crippen LogP contribution in [0, 0.1) is 11.6 Å². The number of hydrogen-bond donors (Lipinski definition) is 1. The molecule has 3 heteroatoms. The van der Waals surface area contributed by atoms with Gasteiger partial charge in [-0.25, -0.2) is 8.78 Å². The smallest absolute Gasteiger partial charge is 0.128 e. The zero-order valence-electron chi connectivity index (χ0n) is 9.79. The van der Waals surface area contributed by atoms with E-state index in [1.165, 1.54) is 23.3 Å². The van der Waals surface area contributed by atoms with Crippen molar-refractivity contribution < 1.29 is 8.78 Å². The number of aryl methyl sites for hydroxylation is 1. The van der Waals surface area contributed by atoms with Gasteiger partial charge in [-0.05, 0) is 36.1 Å². The van der Waals surface area contributed by atoms with Gasteiger partial charge in [-0.1, -0.05) is 24.3 Å². The number of nitrogens with one attached hydrogen (secondary N) is 1. The average Bonchev–Trinajstić information content (AvgIpc) is 2.72. The van der Waals surface area contributed by atoms with E-state index >= 15 is 0 Å². The maximum absolute atomic E-state index is 13.1. The van der Waals surface area contributed by atoms with Crippen molar-refractivity contribution in [1.82, 2.24) is 0 Å². The fraction of sp³-hybridized carbons (Fsp3) is 0.200. The number of hydrogen-bond acceptors (Lipinski definition) is 1. The Morgan fingerprint density at radius 1 is 1.00 bits per heavy atom. The molecule has 2 aromatic carbocycles. The lowest BCUT2D eigenvalue weighted by Gasteiger charge is -2.15. The first-order chi connectivity index (χ1) is 8.72. The summed E-state index contributed by atoms with van der Waals surface area (Å²) in [7, 11) is 0. The van der Waals surface area contributed by atoms with Crippen LogP contribution in [-0.4, -0.2) is 0 Å². The molecular weight excluding hydrogens is 232 g/mol. The first kappa shape index (κ1) is 11.2. The maximum Gasteiger partial charge on any atom is 0.128 e. The Kier molecular flexibility index (Phi) is 2.74. The molecule has 1 N–H and O–H groups in total. The van der Waals surface area contributed by atoms with E-state index < -0.39 is 11.6 Å². The van der Waals surface area contributed by atoms with Gasteiger partial charge in [-0.3, -0.25) is 0 Å². The van der Waals surface area contributed by atoms with Crippen LogP contribution in [0.2, 0.25) is 0 Å². The monoisotopic (exact) mass is 245 g/mol. The van der Waals surface area contributed by atoms with Gasteiger partial charge >= 0.3 is 0 Å². The third kappa shape index (κ3) is 2.08. The topological polar surface area (TPSA) is 12.0 Å². The fourth-order valence-corrected chi connectivity index (χ4v) is 2.55. The van der Waals surface area contributed by atoms with Crippen LogP contribution < -0.4 is 5.32 Å². The summed E-state index contributed by atoms with van der Waals surface area (Å²) in [5.74, 6) is -1.10. The van der Waals surface area contributed by atoms with Gasteiger partial charge in [0.25, 0.3) is 0 Å². The van der Waals surface area contributed by atoms with Crippen molar-refractivity contribution in [3.05, 3.63) is 65.2 Å². The molecule has 0 spiro atoms. The van der Waals surface area contributed by atoms with E-state index in [2.05, 4.69) is 17.4 Å². The van der Waals surface area contributed by atoms with Crippen molar-refractivity contribution in [2.75, 3.05) is 5.32 Å². The van der Waals surface area contributed by atoms with Crippen LogP contribution in [0.5, 0.6) is 0 Å². The summed E-state index contributed by atoms with van der Waals surface area (Å²) in [5, 5.41) is 3.20.